The van der Waals surface area contributed by atoms with Crippen molar-refractivity contribution in [2.75, 3.05) is 0 Å². The summed E-state index contributed by atoms with van der Waals surface area (Å²) in [5.74, 6) is -0.360. The minimum Gasteiger partial charge on any atom is -0.295 e. The molecular weight excluding hydrogens is 247 g/mol. The quantitative estimate of drug-likeness (QED) is 0.839. The van der Waals surface area contributed by atoms with E-state index in [1.54, 1.807) is 0 Å². The summed E-state index contributed by atoms with van der Waals surface area (Å²) in [7, 11) is 0. The third kappa shape index (κ3) is 1.82. The first kappa shape index (κ1) is 11.0. The van der Waals surface area contributed by atoms with Gasteiger partial charge in [-0.3, -0.25) is 14.3 Å². The van der Waals surface area contributed by atoms with E-state index in [2.05, 4.69) is 4.98 Å². The van der Waals surface area contributed by atoms with Crippen LogP contribution in [-0.4, -0.2) is 9.55 Å². The molecule has 0 spiro atoms. The molecule has 0 radical (unpaired) electrons. The number of aromatic nitrogens is 2. The second kappa shape index (κ2) is 3.70. The molecule has 6 heteroatoms. The second-order valence-electron chi connectivity index (χ2n) is 4.90. The molecule has 2 fully saturated rings. The number of halogens is 2. The Bertz CT molecular complexity index is 560. The van der Waals surface area contributed by atoms with Crippen molar-refractivity contribution in [3.8, 4) is 0 Å². The molecule has 1 heterocycles. The molecule has 0 aliphatic heterocycles. The van der Waals surface area contributed by atoms with Gasteiger partial charge in [-0.15, -0.1) is 0 Å². The zero-order valence-corrected chi connectivity index (χ0v) is 9.84. The molecule has 0 aromatic carbocycles. The summed E-state index contributed by atoms with van der Waals surface area (Å²) in [6.07, 6.45) is 4.04. The van der Waals surface area contributed by atoms with E-state index in [0.717, 1.165) is 30.3 Å². The molecule has 4 nitrogen and oxygen atoms in total. The molecule has 1 N–H and O–H groups in total. The molecule has 0 unspecified atom stereocenters. The SMILES string of the molecule is O=c1[nH]c(Cl)c(F)c(=O)n1C(C1CC1)C1CC1. The summed E-state index contributed by atoms with van der Waals surface area (Å²) in [4.78, 5) is 25.8. The van der Waals surface area contributed by atoms with Gasteiger partial charge in [-0.05, 0) is 37.5 Å². The summed E-state index contributed by atoms with van der Waals surface area (Å²) in [6.45, 7) is 0. The van der Waals surface area contributed by atoms with Gasteiger partial charge in [0, 0.05) is 6.04 Å². The summed E-state index contributed by atoms with van der Waals surface area (Å²) >= 11 is 5.44. The summed E-state index contributed by atoms with van der Waals surface area (Å²) < 4.78 is 14.5. The highest BCUT2D eigenvalue weighted by atomic mass is 35.5. The van der Waals surface area contributed by atoms with Crippen LogP contribution in [0.2, 0.25) is 5.15 Å². The first-order valence-electron chi connectivity index (χ1n) is 5.79. The highest BCUT2D eigenvalue weighted by Gasteiger charge is 2.44. The van der Waals surface area contributed by atoms with Crippen LogP contribution in [0.15, 0.2) is 9.59 Å². The molecule has 2 saturated carbocycles. The van der Waals surface area contributed by atoms with Crippen LogP contribution >= 0.6 is 11.6 Å². The maximum atomic E-state index is 13.5. The van der Waals surface area contributed by atoms with E-state index in [9.17, 15) is 14.0 Å². The monoisotopic (exact) mass is 258 g/mol. The minimum absolute atomic E-state index is 0.141. The van der Waals surface area contributed by atoms with Crippen molar-refractivity contribution in [3.05, 3.63) is 31.8 Å². The van der Waals surface area contributed by atoms with Gasteiger partial charge in [0.25, 0.3) is 5.56 Å². The molecule has 1 aromatic heterocycles. The molecule has 1 aromatic rings. The second-order valence-corrected chi connectivity index (χ2v) is 5.28. The van der Waals surface area contributed by atoms with E-state index >= 15 is 0 Å². The Morgan fingerprint density at radius 3 is 2.24 bits per heavy atom. The molecule has 3 rings (SSSR count). The van der Waals surface area contributed by atoms with E-state index < -0.39 is 22.2 Å². The normalized spacial score (nSPS) is 19.9. The maximum Gasteiger partial charge on any atom is 0.329 e. The smallest absolute Gasteiger partial charge is 0.295 e. The van der Waals surface area contributed by atoms with Crippen LogP contribution < -0.4 is 11.2 Å². The standard InChI is InChI=1S/C11H12ClFN2O2/c12-9-7(13)10(16)15(11(17)14-9)8(5-1-2-5)6-3-4-6/h5-6,8H,1-4H2,(H,14,17). The van der Waals surface area contributed by atoms with Gasteiger partial charge in [0.05, 0.1) is 0 Å². The highest BCUT2D eigenvalue weighted by Crippen LogP contribution is 2.51. The zero-order chi connectivity index (χ0) is 12.2. The van der Waals surface area contributed by atoms with Gasteiger partial charge < -0.3 is 0 Å². The van der Waals surface area contributed by atoms with Crippen molar-refractivity contribution in [2.45, 2.75) is 31.7 Å². The Labute approximate surface area is 101 Å². The fourth-order valence-corrected chi connectivity index (χ4v) is 2.62. The number of hydrogen-bond acceptors (Lipinski definition) is 2. The predicted octanol–water partition coefficient (Wildman–Crippen LogP) is 1.69. The van der Waals surface area contributed by atoms with Crippen molar-refractivity contribution in [1.82, 2.24) is 9.55 Å². The predicted molar refractivity (Wildman–Crippen MR) is 60.8 cm³/mol. The number of hydrogen-bond donors (Lipinski definition) is 1. The van der Waals surface area contributed by atoms with Gasteiger partial charge in [-0.2, -0.15) is 4.39 Å². The van der Waals surface area contributed by atoms with Crippen molar-refractivity contribution in [2.24, 2.45) is 11.8 Å². The van der Waals surface area contributed by atoms with Gasteiger partial charge in [0.15, 0.2) is 5.15 Å². The summed E-state index contributed by atoms with van der Waals surface area (Å²) in [5, 5.41) is -0.499. The average molecular weight is 259 g/mol. The number of nitrogens with zero attached hydrogens (tertiary/aromatic N) is 1. The molecular formula is C11H12ClFN2O2. The maximum absolute atomic E-state index is 13.5. The first-order chi connectivity index (χ1) is 8.09. The van der Waals surface area contributed by atoms with Crippen LogP contribution in [0.4, 0.5) is 4.39 Å². The van der Waals surface area contributed by atoms with Crippen molar-refractivity contribution < 1.29 is 4.39 Å². The number of nitrogens with one attached hydrogen (secondary N) is 1. The highest BCUT2D eigenvalue weighted by molar-refractivity contribution is 6.29. The minimum atomic E-state index is -1.06. The third-order valence-corrected chi connectivity index (χ3v) is 3.80. The van der Waals surface area contributed by atoms with Crippen molar-refractivity contribution in [1.29, 1.82) is 0 Å². The lowest BCUT2D eigenvalue weighted by molar-refractivity contribution is 0.359. The lowest BCUT2D eigenvalue weighted by atomic mass is 10.1. The molecule has 2 aliphatic carbocycles. The van der Waals surface area contributed by atoms with E-state index in [1.165, 1.54) is 0 Å². The van der Waals surface area contributed by atoms with Gasteiger partial charge in [-0.25, -0.2) is 4.79 Å². The van der Waals surface area contributed by atoms with Crippen LogP contribution in [0.5, 0.6) is 0 Å². The van der Waals surface area contributed by atoms with Crippen molar-refractivity contribution >= 4 is 11.6 Å². The van der Waals surface area contributed by atoms with Gasteiger partial charge in [0.2, 0.25) is 5.82 Å². The van der Waals surface area contributed by atoms with Crippen LogP contribution in [0.1, 0.15) is 31.7 Å². The zero-order valence-electron chi connectivity index (χ0n) is 9.08. The topological polar surface area (TPSA) is 54.9 Å². The Hall–Kier alpha value is -1.10. The molecule has 17 heavy (non-hydrogen) atoms. The Morgan fingerprint density at radius 1 is 1.24 bits per heavy atom. The average Bonchev–Trinajstić information content (AvgIpc) is 3.14. The molecule has 92 valence electrons. The third-order valence-electron chi connectivity index (χ3n) is 3.54. The van der Waals surface area contributed by atoms with E-state index in [4.69, 9.17) is 11.6 Å². The largest absolute Gasteiger partial charge is 0.329 e. The lowest BCUT2D eigenvalue weighted by Crippen LogP contribution is -2.41. The Kier molecular flexibility index (Phi) is 2.40. The van der Waals surface area contributed by atoms with E-state index in [0.29, 0.717) is 11.8 Å². The van der Waals surface area contributed by atoms with Gasteiger partial charge in [0.1, 0.15) is 0 Å². The summed E-state index contributed by atoms with van der Waals surface area (Å²) in [5.41, 5.74) is -1.48. The molecule has 0 amide bonds. The Balaban J connectivity index is 2.15. The number of rotatable bonds is 3. The summed E-state index contributed by atoms with van der Waals surface area (Å²) in [6, 6.07) is -0.141. The molecule has 0 saturated heterocycles. The van der Waals surface area contributed by atoms with E-state index in [-0.39, 0.29) is 6.04 Å². The molecule has 0 atom stereocenters. The van der Waals surface area contributed by atoms with Crippen LogP contribution in [0, 0.1) is 17.7 Å². The fourth-order valence-electron chi connectivity index (χ4n) is 2.45. The van der Waals surface area contributed by atoms with Crippen LogP contribution in [-0.2, 0) is 0 Å². The fraction of sp³-hybridized carbons (Fsp3) is 0.636. The van der Waals surface area contributed by atoms with Gasteiger partial charge >= 0.3 is 5.69 Å². The van der Waals surface area contributed by atoms with E-state index in [1.807, 2.05) is 0 Å². The van der Waals surface area contributed by atoms with Crippen molar-refractivity contribution in [3.63, 3.8) is 0 Å². The molecule has 2 aliphatic rings. The molecule has 0 bridgehead atoms. The first-order valence-corrected chi connectivity index (χ1v) is 6.17. The number of H-pyrrole nitrogens is 1. The van der Waals surface area contributed by atoms with Crippen LogP contribution in [0.25, 0.3) is 0 Å². The van der Waals surface area contributed by atoms with Crippen LogP contribution in [0.3, 0.4) is 0 Å². The van der Waals surface area contributed by atoms with Gasteiger partial charge in [-0.1, -0.05) is 11.6 Å². The Morgan fingerprint density at radius 2 is 1.76 bits per heavy atom. The number of aromatic amines is 1. The lowest BCUT2D eigenvalue weighted by Gasteiger charge is -2.17.